The highest BCUT2D eigenvalue weighted by atomic mass is 35.5. The van der Waals surface area contributed by atoms with Gasteiger partial charge in [0.05, 0.1) is 11.9 Å². The summed E-state index contributed by atoms with van der Waals surface area (Å²) in [5.41, 5.74) is 2.41. The van der Waals surface area contributed by atoms with Crippen molar-refractivity contribution in [1.29, 1.82) is 0 Å². The van der Waals surface area contributed by atoms with E-state index in [1.54, 1.807) is 29.2 Å². The monoisotopic (exact) mass is 354 g/mol. The number of halogens is 4. The molecule has 7 heteroatoms. The van der Waals surface area contributed by atoms with Gasteiger partial charge in [-0.2, -0.15) is 13.2 Å². The molecule has 0 saturated carbocycles. The number of alkyl halides is 3. The van der Waals surface area contributed by atoms with Gasteiger partial charge in [0.25, 0.3) is 5.91 Å². The number of pyridine rings is 1. The zero-order valence-electron chi connectivity index (χ0n) is 12.6. The van der Waals surface area contributed by atoms with Gasteiger partial charge in [0.2, 0.25) is 0 Å². The van der Waals surface area contributed by atoms with Crippen LogP contribution in [0.5, 0.6) is 0 Å². The lowest BCUT2D eigenvalue weighted by Gasteiger charge is -2.28. The van der Waals surface area contributed by atoms with Gasteiger partial charge in [-0.3, -0.25) is 9.78 Å². The van der Waals surface area contributed by atoms with Crippen molar-refractivity contribution in [2.75, 3.05) is 11.4 Å². The van der Waals surface area contributed by atoms with Gasteiger partial charge in [-0.25, -0.2) is 0 Å². The van der Waals surface area contributed by atoms with Crippen LogP contribution in [-0.4, -0.2) is 23.6 Å². The third-order valence-corrected chi connectivity index (χ3v) is 4.17. The summed E-state index contributed by atoms with van der Waals surface area (Å²) in [6.07, 6.45) is -1.75. The average molecular weight is 355 g/mol. The van der Waals surface area contributed by atoms with E-state index in [0.717, 1.165) is 5.56 Å². The van der Waals surface area contributed by atoms with E-state index in [1.165, 1.54) is 12.4 Å². The molecular weight excluding hydrogens is 341 g/mol. The molecule has 1 aliphatic heterocycles. The maximum atomic E-state index is 12.6. The molecule has 24 heavy (non-hydrogen) atoms. The SMILES string of the molecule is O=C1c2ccc(Cl)cc2CCN1c1cncc(CCC(F)(F)F)c1. The number of carbonyl (C=O) groups is 1. The van der Waals surface area contributed by atoms with Gasteiger partial charge >= 0.3 is 6.18 Å². The molecule has 0 radical (unpaired) electrons. The summed E-state index contributed by atoms with van der Waals surface area (Å²) in [6, 6.07) is 6.69. The third kappa shape index (κ3) is 3.70. The smallest absolute Gasteiger partial charge is 0.306 e. The lowest BCUT2D eigenvalue weighted by molar-refractivity contribution is -0.134. The summed E-state index contributed by atoms with van der Waals surface area (Å²) in [6.45, 7) is 0.441. The third-order valence-electron chi connectivity index (χ3n) is 3.94. The van der Waals surface area contributed by atoms with E-state index in [1.807, 2.05) is 0 Å². The summed E-state index contributed by atoms with van der Waals surface area (Å²) >= 11 is 5.94. The van der Waals surface area contributed by atoms with Crippen LogP contribution in [0, 0.1) is 0 Å². The van der Waals surface area contributed by atoms with Crippen LogP contribution in [0.25, 0.3) is 0 Å². The lowest BCUT2D eigenvalue weighted by atomic mass is 9.98. The van der Waals surface area contributed by atoms with Crippen LogP contribution in [0.2, 0.25) is 5.02 Å². The van der Waals surface area contributed by atoms with E-state index in [0.29, 0.717) is 34.8 Å². The Morgan fingerprint density at radius 2 is 2.00 bits per heavy atom. The molecule has 0 bridgehead atoms. The van der Waals surface area contributed by atoms with E-state index in [9.17, 15) is 18.0 Å². The zero-order chi connectivity index (χ0) is 17.3. The highest BCUT2D eigenvalue weighted by Gasteiger charge is 2.28. The molecule has 0 aliphatic carbocycles. The number of rotatable bonds is 3. The summed E-state index contributed by atoms with van der Waals surface area (Å²) in [7, 11) is 0. The van der Waals surface area contributed by atoms with Gasteiger partial charge < -0.3 is 4.90 Å². The molecule has 0 atom stereocenters. The molecule has 1 amide bonds. The van der Waals surface area contributed by atoms with Crippen LogP contribution < -0.4 is 4.90 Å². The number of hydrogen-bond acceptors (Lipinski definition) is 2. The number of aromatic nitrogens is 1. The highest BCUT2D eigenvalue weighted by Crippen LogP contribution is 2.28. The Kier molecular flexibility index (Phi) is 4.49. The van der Waals surface area contributed by atoms with Gasteiger partial charge in [-0.15, -0.1) is 0 Å². The first-order chi connectivity index (χ1) is 11.3. The van der Waals surface area contributed by atoms with E-state index in [4.69, 9.17) is 11.6 Å². The van der Waals surface area contributed by atoms with E-state index in [2.05, 4.69) is 4.98 Å². The minimum Gasteiger partial charge on any atom is -0.306 e. The largest absolute Gasteiger partial charge is 0.389 e. The van der Waals surface area contributed by atoms with Crippen molar-refractivity contribution in [3.05, 3.63) is 58.4 Å². The Morgan fingerprint density at radius 3 is 2.75 bits per heavy atom. The first kappa shape index (κ1) is 16.8. The standard InChI is InChI=1S/C17H14ClF3N2O/c18-13-1-2-15-12(8-13)4-6-23(16(15)24)14-7-11(9-22-10-14)3-5-17(19,20)21/h1-2,7-10H,3-6H2. The number of amides is 1. The van der Waals surface area contributed by atoms with Crippen molar-refractivity contribution in [2.24, 2.45) is 0 Å². The van der Waals surface area contributed by atoms with Crippen LogP contribution in [0.3, 0.4) is 0 Å². The van der Waals surface area contributed by atoms with Crippen molar-refractivity contribution in [2.45, 2.75) is 25.4 Å². The van der Waals surface area contributed by atoms with Crippen molar-refractivity contribution < 1.29 is 18.0 Å². The lowest BCUT2D eigenvalue weighted by Crippen LogP contribution is -2.37. The second-order valence-electron chi connectivity index (χ2n) is 5.67. The molecule has 3 rings (SSSR count). The number of carbonyl (C=O) groups excluding carboxylic acids is 1. The molecule has 2 aromatic rings. The van der Waals surface area contributed by atoms with Crippen molar-refractivity contribution in [3.63, 3.8) is 0 Å². The van der Waals surface area contributed by atoms with Crippen molar-refractivity contribution in [1.82, 2.24) is 4.98 Å². The van der Waals surface area contributed by atoms with E-state index < -0.39 is 12.6 Å². The second-order valence-corrected chi connectivity index (χ2v) is 6.11. The van der Waals surface area contributed by atoms with Gasteiger partial charge in [0, 0.05) is 29.7 Å². The van der Waals surface area contributed by atoms with Gasteiger partial charge in [-0.1, -0.05) is 11.6 Å². The highest BCUT2D eigenvalue weighted by molar-refractivity contribution is 6.30. The second kappa shape index (κ2) is 6.43. The number of fused-ring (bicyclic) bond motifs is 1. The first-order valence-electron chi connectivity index (χ1n) is 7.44. The van der Waals surface area contributed by atoms with E-state index >= 15 is 0 Å². The number of benzene rings is 1. The molecule has 3 nitrogen and oxygen atoms in total. The Morgan fingerprint density at radius 1 is 1.21 bits per heavy atom. The fourth-order valence-electron chi connectivity index (χ4n) is 2.75. The van der Waals surface area contributed by atoms with Gasteiger partial charge in [0.15, 0.2) is 0 Å². The Bertz CT molecular complexity index is 777. The number of nitrogens with zero attached hydrogens (tertiary/aromatic N) is 2. The van der Waals surface area contributed by atoms with Crippen LogP contribution in [0.15, 0.2) is 36.7 Å². The van der Waals surface area contributed by atoms with Crippen LogP contribution in [-0.2, 0) is 12.8 Å². The molecule has 0 spiro atoms. The maximum Gasteiger partial charge on any atom is 0.389 e. The molecule has 2 heterocycles. The molecule has 0 fully saturated rings. The molecule has 126 valence electrons. The van der Waals surface area contributed by atoms with Crippen LogP contribution >= 0.6 is 11.6 Å². The zero-order valence-corrected chi connectivity index (χ0v) is 13.4. The normalized spacial score (nSPS) is 14.7. The quantitative estimate of drug-likeness (QED) is 0.816. The van der Waals surface area contributed by atoms with Gasteiger partial charge in [0.1, 0.15) is 0 Å². The molecule has 0 saturated heterocycles. The summed E-state index contributed by atoms with van der Waals surface area (Å²) in [5.74, 6) is -0.192. The fourth-order valence-corrected chi connectivity index (χ4v) is 2.94. The molecule has 1 aromatic heterocycles. The summed E-state index contributed by atoms with van der Waals surface area (Å²) in [4.78, 5) is 18.2. The Labute approximate surface area is 142 Å². The number of hydrogen-bond donors (Lipinski definition) is 0. The topological polar surface area (TPSA) is 33.2 Å². The minimum absolute atomic E-state index is 0.154. The van der Waals surface area contributed by atoms with Crippen molar-refractivity contribution >= 4 is 23.2 Å². The minimum atomic E-state index is -4.21. The van der Waals surface area contributed by atoms with Gasteiger partial charge in [-0.05, 0) is 48.2 Å². The Balaban J connectivity index is 1.82. The summed E-state index contributed by atoms with van der Waals surface area (Å²) in [5, 5.41) is 0.575. The fraction of sp³-hybridized carbons (Fsp3) is 0.294. The van der Waals surface area contributed by atoms with E-state index in [-0.39, 0.29) is 12.3 Å². The predicted octanol–water partition coefficient (Wildman–Crippen LogP) is 4.43. The molecular formula is C17H14ClF3N2O. The molecule has 0 N–H and O–H groups in total. The average Bonchev–Trinajstić information content (AvgIpc) is 2.53. The Hall–Kier alpha value is -2.08. The van der Waals surface area contributed by atoms with Crippen LogP contribution in [0.4, 0.5) is 18.9 Å². The predicted molar refractivity (Wildman–Crippen MR) is 85.4 cm³/mol. The van der Waals surface area contributed by atoms with Crippen LogP contribution in [0.1, 0.15) is 27.9 Å². The van der Waals surface area contributed by atoms with Crippen molar-refractivity contribution in [3.8, 4) is 0 Å². The first-order valence-corrected chi connectivity index (χ1v) is 7.82. The number of aryl methyl sites for hydroxylation is 1. The molecule has 1 aliphatic rings. The molecule has 1 aromatic carbocycles. The molecule has 0 unspecified atom stereocenters. The number of anilines is 1. The summed E-state index contributed by atoms with van der Waals surface area (Å²) < 4.78 is 37.1. The maximum absolute atomic E-state index is 12.6.